The highest BCUT2D eigenvalue weighted by Crippen LogP contribution is 2.37. The van der Waals surface area contributed by atoms with Gasteiger partial charge in [0.25, 0.3) is 5.91 Å². The number of carbonyl (C=O) groups excluding carboxylic acids is 1. The van der Waals surface area contributed by atoms with Crippen LogP contribution < -0.4 is 5.73 Å². The number of aromatic nitrogens is 3. The number of hydrogen-bond acceptors (Lipinski definition) is 6. The van der Waals surface area contributed by atoms with Gasteiger partial charge in [0.1, 0.15) is 0 Å². The van der Waals surface area contributed by atoms with Crippen LogP contribution in [0.2, 0.25) is 0 Å². The largest absolute Gasteiger partial charge is 0.335 e. The van der Waals surface area contributed by atoms with Crippen LogP contribution in [-0.4, -0.2) is 69.7 Å². The summed E-state index contributed by atoms with van der Waals surface area (Å²) in [6.07, 6.45) is 0. The van der Waals surface area contributed by atoms with Crippen molar-refractivity contribution in [1.29, 1.82) is 0 Å². The van der Waals surface area contributed by atoms with E-state index in [9.17, 15) is 4.79 Å². The normalized spacial score (nSPS) is 14.8. The van der Waals surface area contributed by atoms with Crippen LogP contribution in [0.15, 0.2) is 42.5 Å². The summed E-state index contributed by atoms with van der Waals surface area (Å²) in [4.78, 5) is 24.2. The van der Waals surface area contributed by atoms with Crippen molar-refractivity contribution in [3.63, 3.8) is 0 Å². The van der Waals surface area contributed by atoms with E-state index in [0.29, 0.717) is 31.2 Å². The summed E-state index contributed by atoms with van der Waals surface area (Å²) >= 11 is 1.65. The summed E-state index contributed by atoms with van der Waals surface area (Å²) in [5.74, 6) is 0.304. The predicted octanol–water partition coefficient (Wildman–Crippen LogP) is 4.61. The Morgan fingerprint density at radius 3 is 2.50 bits per heavy atom. The third kappa shape index (κ3) is 4.68. The first-order valence-electron chi connectivity index (χ1n) is 12.6. The number of thiazole rings is 1. The molecule has 1 aliphatic heterocycles. The van der Waals surface area contributed by atoms with E-state index in [2.05, 4.69) is 68.1 Å². The van der Waals surface area contributed by atoms with Gasteiger partial charge in [-0.2, -0.15) is 5.10 Å². The zero-order valence-corrected chi connectivity index (χ0v) is 22.3. The van der Waals surface area contributed by atoms with Gasteiger partial charge in [0.2, 0.25) is 5.13 Å². The van der Waals surface area contributed by atoms with Gasteiger partial charge in [0.15, 0.2) is 5.69 Å². The molecule has 1 fully saturated rings. The van der Waals surface area contributed by atoms with Gasteiger partial charge in [0, 0.05) is 55.1 Å². The molecule has 188 valence electrons. The minimum Gasteiger partial charge on any atom is -0.335 e. The average Bonchev–Trinajstić information content (AvgIpc) is 3.46. The summed E-state index contributed by atoms with van der Waals surface area (Å²) in [7, 11) is 0. The maximum Gasteiger partial charge on any atom is 0.275 e. The fourth-order valence-corrected chi connectivity index (χ4v) is 5.90. The number of nitrogens with zero attached hydrogens (tertiary/aromatic N) is 5. The Bertz CT molecular complexity index is 1400. The number of aryl methyl sites for hydroxylation is 2. The summed E-state index contributed by atoms with van der Waals surface area (Å²) in [6.45, 7) is 13.1. The molecule has 0 radical (unpaired) electrons. The lowest BCUT2D eigenvalue weighted by atomic mass is 10.0. The first-order valence-corrected chi connectivity index (χ1v) is 13.5. The van der Waals surface area contributed by atoms with Crippen LogP contribution in [0.1, 0.15) is 46.3 Å². The van der Waals surface area contributed by atoms with Gasteiger partial charge in [-0.25, -0.2) is 9.67 Å². The molecule has 4 aromatic rings. The van der Waals surface area contributed by atoms with E-state index in [1.807, 2.05) is 16.5 Å². The van der Waals surface area contributed by atoms with Crippen LogP contribution in [-0.2, 0) is 0 Å². The number of nitrogens with two attached hydrogens (primary N) is 1. The molecular weight excluding hydrogens is 468 g/mol. The van der Waals surface area contributed by atoms with E-state index in [4.69, 9.17) is 15.8 Å². The molecule has 1 amide bonds. The maximum atomic E-state index is 13.7. The first kappa shape index (κ1) is 24.6. The molecule has 0 atom stereocenters. The first-order chi connectivity index (χ1) is 17.4. The Morgan fingerprint density at radius 1 is 1.06 bits per heavy atom. The van der Waals surface area contributed by atoms with Gasteiger partial charge >= 0.3 is 0 Å². The third-order valence-electron chi connectivity index (χ3n) is 6.78. The highest BCUT2D eigenvalue weighted by atomic mass is 32.1. The molecule has 0 spiro atoms. The second-order valence-corrected chi connectivity index (χ2v) is 10.9. The fourth-order valence-electron chi connectivity index (χ4n) is 4.84. The zero-order chi connectivity index (χ0) is 25.4. The van der Waals surface area contributed by atoms with Crippen LogP contribution in [0.4, 0.5) is 0 Å². The van der Waals surface area contributed by atoms with E-state index in [1.165, 1.54) is 10.4 Å². The third-order valence-corrected chi connectivity index (χ3v) is 8.11. The van der Waals surface area contributed by atoms with Crippen molar-refractivity contribution in [3.05, 3.63) is 64.2 Å². The van der Waals surface area contributed by atoms with Crippen LogP contribution in [0.5, 0.6) is 0 Å². The van der Waals surface area contributed by atoms with Crippen molar-refractivity contribution in [3.8, 4) is 16.4 Å². The van der Waals surface area contributed by atoms with Crippen LogP contribution in [0, 0.1) is 13.8 Å². The van der Waals surface area contributed by atoms with Gasteiger partial charge in [0.05, 0.1) is 11.2 Å². The lowest BCUT2D eigenvalue weighted by Crippen LogP contribution is -2.49. The molecule has 1 aliphatic rings. The zero-order valence-electron chi connectivity index (χ0n) is 21.5. The smallest absolute Gasteiger partial charge is 0.275 e. The molecule has 36 heavy (non-hydrogen) atoms. The van der Waals surface area contributed by atoms with Gasteiger partial charge < -0.3 is 10.6 Å². The van der Waals surface area contributed by atoms with E-state index in [0.717, 1.165) is 52.5 Å². The Morgan fingerprint density at radius 2 is 1.81 bits per heavy atom. The highest BCUT2D eigenvalue weighted by Gasteiger charge is 2.27. The molecule has 0 unspecified atom stereocenters. The van der Waals surface area contributed by atoms with Crippen LogP contribution in [0.25, 0.3) is 27.3 Å². The van der Waals surface area contributed by atoms with Crippen molar-refractivity contribution >= 4 is 28.1 Å². The Labute approximate surface area is 216 Å². The number of benzene rings is 2. The minimum absolute atomic E-state index is 0.0173. The molecule has 2 aromatic heterocycles. The topological polar surface area (TPSA) is 80.3 Å². The number of hydrogen-bond donors (Lipinski definition) is 1. The second kappa shape index (κ2) is 10.1. The number of fused-ring (bicyclic) bond motifs is 1. The molecule has 0 aliphatic carbocycles. The van der Waals surface area contributed by atoms with Crippen LogP contribution in [0.3, 0.4) is 0 Å². The monoisotopic (exact) mass is 502 g/mol. The number of rotatable bonds is 6. The number of amides is 1. The predicted molar refractivity (Wildman–Crippen MR) is 147 cm³/mol. The average molecular weight is 503 g/mol. The molecule has 2 N–H and O–H groups in total. The molecule has 5 rings (SSSR count). The van der Waals surface area contributed by atoms with Gasteiger partial charge in [-0.15, -0.1) is 0 Å². The fraction of sp³-hybridized carbons (Fsp3) is 0.393. The molecule has 3 heterocycles. The molecular formula is C28H34N6OS. The highest BCUT2D eigenvalue weighted by molar-refractivity contribution is 7.14. The van der Waals surface area contributed by atoms with Crippen molar-refractivity contribution in [2.75, 3.05) is 39.3 Å². The van der Waals surface area contributed by atoms with E-state index in [1.54, 1.807) is 11.3 Å². The maximum absolute atomic E-state index is 13.7. The molecule has 0 saturated carbocycles. The summed E-state index contributed by atoms with van der Waals surface area (Å²) < 4.78 is 1.86. The van der Waals surface area contributed by atoms with Crippen LogP contribution >= 0.6 is 11.3 Å². The molecule has 7 nitrogen and oxygen atoms in total. The Balaban J connectivity index is 1.57. The lowest BCUT2D eigenvalue weighted by Gasteiger charge is -2.34. The summed E-state index contributed by atoms with van der Waals surface area (Å²) in [6, 6.07) is 14.6. The standard InChI is InChI=1S/C28H34N6OS/c1-18(2)26-24(21-7-5-6-19(3)16-21)30-28(36-26)34-23-9-8-20(4)17-22(23)25(31-34)27(35)33-14-12-32(11-10-29)13-15-33/h5-9,16-18H,10-15,29H2,1-4H3. The second-order valence-electron chi connectivity index (χ2n) is 9.94. The number of carbonyl (C=O) groups is 1. The van der Waals surface area contributed by atoms with E-state index < -0.39 is 0 Å². The molecule has 0 bridgehead atoms. The van der Waals surface area contributed by atoms with Crippen molar-refractivity contribution in [2.45, 2.75) is 33.6 Å². The minimum atomic E-state index is -0.0173. The quantitative estimate of drug-likeness (QED) is 0.417. The van der Waals surface area contributed by atoms with Gasteiger partial charge in [-0.3, -0.25) is 9.69 Å². The van der Waals surface area contributed by atoms with Gasteiger partial charge in [-0.05, 0) is 38.0 Å². The number of piperazine rings is 1. The molecule has 1 saturated heterocycles. The van der Waals surface area contributed by atoms with Crippen molar-refractivity contribution < 1.29 is 4.79 Å². The lowest BCUT2D eigenvalue weighted by molar-refractivity contribution is 0.0636. The summed E-state index contributed by atoms with van der Waals surface area (Å²) in [5.41, 5.74) is 11.5. The molecule has 8 heteroatoms. The Kier molecular flexibility index (Phi) is 6.92. The van der Waals surface area contributed by atoms with Crippen molar-refractivity contribution in [2.24, 2.45) is 5.73 Å². The van der Waals surface area contributed by atoms with E-state index in [-0.39, 0.29) is 5.91 Å². The van der Waals surface area contributed by atoms with Gasteiger partial charge in [-0.1, -0.05) is 60.6 Å². The Hall–Kier alpha value is -3.07. The SMILES string of the molecule is Cc1cccc(-c2nc(-n3nc(C(=O)N4CCN(CCN)CC4)c4cc(C)ccc43)sc2C(C)C)c1. The summed E-state index contributed by atoms with van der Waals surface area (Å²) in [5, 5.41) is 6.56. The van der Waals surface area contributed by atoms with E-state index >= 15 is 0 Å². The molecule has 2 aromatic carbocycles. The van der Waals surface area contributed by atoms with Crippen molar-refractivity contribution in [1.82, 2.24) is 24.6 Å².